The van der Waals surface area contributed by atoms with Crippen molar-refractivity contribution >= 4 is 27.4 Å². The maximum absolute atomic E-state index is 13.3. The van der Waals surface area contributed by atoms with Gasteiger partial charge in [-0.05, 0) is 41.1 Å². The van der Waals surface area contributed by atoms with Crippen LogP contribution in [0.1, 0.15) is 21.7 Å². The lowest BCUT2D eigenvalue weighted by molar-refractivity contribution is 0.0990. The third-order valence-corrected chi connectivity index (χ3v) is 3.94. The molecule has 2 aromatic rings. The number of nitrogens with two attached hydrogens (primary N) is 1. The Bertz CT molecular complexity index is 652. The van der Waals surface area contributed by atoms with Crippen LogP contribution in [0.5, 0.6) is 0 Å². The Kier molecular flexibility index (Phi) is 3.71. The number of nitrogens with zero attached hydrogens (tertiary/aromatic N) is 2. The summed E-state index contributed by atoms with van der Waals surface area (Å²) in [7, 11) is 1.77. The molecule has 0 aliphatic carbocycles. The quantitative estimate of drug-likeness (QED) is 0.697. The fourth-order valence-corrected chi connectivity index (χ4v) is 2.30. The van der Waals surface area contributed by atoms with E-state index in [1.807, 2.05) is 6.92 Å². The third kappa shape index (κ3) is 2.68. The predicted molar refractivity (Wildman–Crippen MR) is 74.5 cm³/mol. The van der Waals surface area contributed by atoms with E-state index in [9.17, 15) is 9.18 Å². The molecule has 1 heterocycles. The summed E-state index contributed by atoms with van der Waals surface area (Å²) >= 11 is 3.40. The summed E-state index contributed by atoms with van der Waals surface area (Å²) in [5.41, 5.74) is 7.30. The monoisotopic (exact) mass is 325 g/mol. The molecule has 2 N–H and O–H groups in total. The van der Waals surface area contributed by atoms with Crippen LogP contribution >= 0.6 is 15.9 Å². The maximum atomic E-state index is 13.3. The molecule has 1 aromatic heterocycles. The smallest absolute Gasteiger partial charge is 0.168 e. The fourth-order valence-electron chi connectivity index (χ4n) is 1.83. The SMILES string of the molecule is Cc1nn(C)c(CC(=O)c2ccc(N)c(F)c2)c1Br. The van der Waals surface area contributed by atoms with Gasteiger partial charge in [0.25, 0.3) is 0 Å². The highest BCUT2D eigenvalue weighted by atomic mass is 79.9. The fraction of sp³-hybridized carbons (Fsp3) is 0.231. The molecule has 0 radical (unpaired) electrons. The number of nitrogen functional groups attached to an aromatic ring is 1. The van der Waals surface area contributed by atoms with Crippen LogP contribution < -0.4 is 5.73 Å². The topological polar surface area (TPSA) is 60.9 Å². The van der Waals surface area contributed by atoms with Crippen molar-refractivity contribution in [2.45, 2.75) is 13.3 Å². The highest BCUT2D eigenvalue weighted by Crippen LogP contribution is 2.22. The summed E-state index contributed by atoms with van der Waals surface area (Å²) in [6, 6.07) is 4.08. The molecule has 0 aliphatic heterocycles. The zero-order valence-electron chi connectivity index (χ0n) is 10.6. The molecule has 0 fully saturated rings. The minimum atomic E-state index is -0.578. The Morgan fingerprint density at radius 1 is 1.53 bits per heavy atom. The summed E-state index contributed by atoms with van der Waals surface area (Å²) in [5.74, 6) is -0.756. The van der Waals surface area contributed by atoms with Crippen LogP contribution in [0, 0.1) is 12.7 Å². The predicted octanol–water partition coefficient (Wildman–Crippen LogP) is 2.64. The summed E-state index contributed by atoms with van der Waals surface area (Å²) in [6.07, 6.45) is 0.154. The molecular formula is C13H13BrFN3O. The normalized spacial score (nSPS) is 10.7. The summed E-state index contributed by atoms with van der Waals surface area (Å²) in [4.78, 5) is 12.1. The highest BCUT2D eigenvalue weighted by molar-refractivity contribution is 9.10. The molecule has 100 valence electrons. The number of ketones is 1. The minimum absolute atomic E-state index is 0.0362. The van der Waals surface area contributed by atoms with Gasteiger partial charge >= 0.3 is 0 Å². The second-order valence-corrected chi connectivity index (χ2v) is 5.10. The van der Waals surface area contributed by atoms with E-state index < -0.39 is 5.82 Å². The number of carbonyl (C=O) groups excluding carboxylic acids is 1. The van der Waals surface area contributed by atoms with Crippen LogP contribution in [0.15, 0.2) is 22.7 Å². The zero-order valence-corrected chi connectivity index (χ0v) is 12.2. The summed E-state index contributed by atoms with van der Waals surface area (Å²) in [6.45, 7) is 1.85. The van der Waals surface area contributed by atoms with Gasteiger partial charge in [-0.1, -0.05) is 0 Å². The molecule has 0 atom stereocenters. The van der Waals surface area contributed by atoms with Crippen molar-refractivity contribution in [3.8, 4) is 0 Å². The van der Waals surface area contributed by atoms with Gasteiger partial charge in [-0.3, -0.25) is 9.48 Å². The lowest BCUT2D eigenvalue weighted by atomic mass is 10.1. The van der Waals surface area contributed by atoms with Gasteiger partial charge in [0.05, 0.1) is 28.0 Å². The van der Waals surface area contributed by atoms with Crippen LogP contribution in [0.4, 0.5) is 10.1 Å². The molecule has 0 unspecified atom stereocenters. The van der Waals surface area contributed by atoms with E-state index in [1.165, 1.54) is 12.1 Å². The van der Waals surface area contributed by atoms with Crippen molar-refractivity contribution in [3.05, 3.63) is 45.4 Å². The Balaban J connectivity index is 2.28. The number of rotatable bonds is 3. The second-order valence-electron chi connectivity index (χ2n) is 4.31. The Morgan fingerprint density at radius 2 is 2.21 bits per heavy atom. The lowest BCUT2D eigenvalue weighted by Gasteiger charge is -2.04. The number of hydrogen-bond donors (Lipinski definition) is 1. The first kappa shape index (κ1) is 13.7. The maximum Gasteiger partial charge on any atom is 0.168 e. The largest absolute Gasteiger partial charge is 0.396 e. The van der Waals surface area contributed by atoms with Crippen LogP contribution in [0.2, 0.25) is 0 Å². The number of anilines is 1. The molecule has 0 aliphatic rings. The number of benzene rings is 1. The Hall–Kier alpha value is -1.69. The van der Waals surface area contributed by atoms with Crippen molar-refractivity contribution in [2.24, 2.45) is 7.05 Å². The van der Waals surface area contributed by atoms with Crippen molar-refractivity contribution in [1.29, 1.82) is 0 Å². The van der Waals surface area contributed by atoms with Crippen LogP contribution in [0.25, 0.3) is 0 Å². The Morgan fingerprint density at radius 3 is 2.74 bits per heavy atom. The Labute approximate surface area is 118 Å². The van der Waals surface area contributed by atoms with Gasteiger partial charge in [0, 0.05) is 12.6 Å². The van der Waals surface area contributed by atoms with E-state index in [4.69, 9.17) is 5.73 Å². The summed E-state index contributed by atoms with van der Waals surface area (Å²) < 4.78 is 15.8. The van der Waals surface area contributed by atoms with Crippen molar-refractivity contribution < 1.29 is 9.18 Å². The molecule has 4 nitrogen and oxygen atoms in total. The van der Waals surface area contributed by atoms with E-state index >= 15 is 0 Å². The van der Waals surface area contributed by atoms with E-state index in [1.54, 1.807) is 11.7 Å². The molecule has 19 heavy (non-hydrogen) atoms. The zero-order chi connectivity index (χ0) is 14.2. The van der Waals surface area contributed by atoms with Gasteiger partial charge in [0.1, 0.15) is 5.82 Å². The number of carbonyl (C=O) groups is 1. The third-order valence-electron chi connectivity index (χ3n) is 2.91. The number of hydrogen-bond acceptors (Lipinski definition) is 3. The molecular weight excluding hydrogens is 313 g/mol. The van der Waals surface area contributed by atoms with Crippen molar-refractivity contribution in [1.82, 2.24) is 9.78 Å². The molecule has 1 aromatic carbocycles. The van der Waals surface area contributed by atoms with Gasteiger partial charge in [0.15, 0.2) is 5.78 Å². The van der Waals surface area contributed by atoms with Gasteiger partial charge in [-0.25, -0.2) is 4.39 Å². The molecule has 0 bridgehead atoms. The van der Waals surface area contributed by atoms with E-state index in [-0.39, 0.29) is 17.9 Å². The number of halogens is 2. The molecule has 6 heteroatoms. The number of aromatic nitrogens is 2. The molecule has 0 amide bonds. The first-order chi connectivity index (χ1) is 8.90. The van der Waals surface area contributed by atoms with Crippen molar-refractivity contribution in [3.63, 3.8) is 0 Å². The average molecular weight is 326 g/mol. The molecule has 0 spiro atoms. The minimum Gasteiger partial charge on any atom is -0.396 e. The van der Waals surface area contributed by atoms with Gasteiger partial charge < -0.3 is 5.73 Å². The van der Waals surface area contributed by atoms with E-state index in [0.717, 1.165) is 21.9 Å². The molecule has 0 saturated carbocycles. The van der Waals surface area contributed by atoms with Gasteiger partial charge in [-0.15, -0.1) is 0 Å². The van der Waals surface area contributed by atoms with Gasteiger partial charge in [0.2, 0.25) is 0 Å². The van der Waals surface area contributed by atoms with E-state index in [0.29, 0.717) is 5.56 Å². The average Bonchev–Trinajstić information content (AvgIpc) is 2.59. The first-order valence-corrected chi connectivity index (χ1v) is 6.45. The van der Waals surface area contributed by atoms with Crippen LogP contribution in [0.3, 0.4) is 0 Å². The highest BCUT2D eigenvalue weighted by Gasteiger charge is 2.16. The summed E-state index contributed by atoms with van der Waals surface area (Å²) in [5, 5.41) is 4.21. The van der Waals surface area contributed by atoms with Crippen LogP contribution in [-0.4, -0.2) is 15.6 Å². The second kappa shape index (κ2) is 5.13. The first-order valence-electron chi connectivity index (χ1n) is 5.66. The van der Waals surface area contributed by atoms with Crippen molar-refractivity contribution in [2.75, 3.05) is 5.73 Å². The number of Topliss-reactive ketones (excluding diaryl/α,β-unsaturated/α-hetero) is 1. The van der Waals surface area contributed by atoms with E-state index in [2.05, 4.69) is 21.0 Å². The lowest BCUT2D eigenvalue weighted by Crippen LogP contribution is -2.09. The van der Waals surface area contributed by atoms with Crippen LogP contribution in [-0.2, 0) is 13.5 Å². The molecule has 0 saturated heterocycles. The molecule has 2 rings (SSSR count). The number of aryl methyl sites for hydroxylation is 2. The standard InChI is InChI=1S/C13H13BrFN3O/c1-7-13(14)11(18(2)17-7)6-12(19)8-3-4-10(16)9(15)5-8/h3-5H,6,16H2,1-2H3. The van der Waals surface area contributed by atoms with Gasteiger partial charge in [-0.2, -0.15) is 5.10 Å².